The van der Waals surface area contributed by atoms with E-state index in [9.17, 15) is 4.79 Å². The van der Waals surface area contributed by atoms with Crippen molar-refractivity contribution in [2.75, 3.05) is 6.61 Å². The molecule has 2 aromatic heterocycles. The number of amides is 1. The molecule has 4 rings (SSSR count). The van der Waals surface area contributed by atoms with Gasteiger partial charge in [0.25, 0.3) is 5.91 Å². The van der Waals surface area contributed by atoms with E-state index >= 15 is 0 Å². The van der Waals surface area contributed by atoms with Crippen LogP contribution in [0.2, 0.25) is 0 Å². The number of nitrogens with zero attached hydrogens (tertiary/aromatic N) is 3. The van der Waals surface area contributed by atoms with Crippen LogP contribution in [0.4, 0.5) is 0 Å². The van der Waals surface area contributed by atoms with Crippen LogP contribution in [0.3, 0.4) is 0 Å². The van der Waals surface area contributed by atoms with Gasteiger partial charge in [0.05, 0.1) is 12.6 Å². The summed E-state index contributed by atoms with van der Waals surface area (Å²) in [6, 6.07) is 11.2. The molecule has 1 aliphatic heterocycles. The van der Waals surface area contributed by atoms with Gasteiger partial charge in [0.2, 0.25) is 4.73 Å². The fraction of sp³-hybridized carbons (Fsp3) is 0.188. The molecule has 0 saturated heterocycles. The van der Waals surface area contributed by atoms with E-state index in [1.807, 2.05) is 24.3 Å². The Labute approximate surface area is 140 Å². The van der Waals surface area contributed by atoms with Crippen molar-refractivity contribution in [3.8, 4) is 5.75 Å². The number of fused-ring (bicyclic) bond motifs is 2. The summed E-state index contributed by atoms with van der Waals surface area (Å²) in [5, 5.41) is 7.21. The number of carbonyl (C=O) groups excluding carboxylic acids is 1. The smallest absolute Gasteiger partial charge is 0.251 e. The average Bonchev–Trinajstić information content (AvgIpc) is 2.94. The number of halogens is 1. The fourth-order valence-electron chi connectivity index (χ4n) is 2.73. The molecule has 6 nitrogen and oxygen atoms in total. The molecular formula is C16H13BrN4O2. The number of para-hydroxylation sites is 1. The molecular weight excluding hydrogens is 360 g/mol. The predicted molar refractivity (Wildman–Crippen MR) is 87.4 cm³/mol. The van der Waals surface area contributed by atoms with E-state index in [1.165, 1.54) is 0 Å². The molecule has 1 aromatic carbocycles. The molecule has 1 aliphatic rings. The van der Waals surface area contributed by atoms with Crippen LogP contribution in [0, 0.1) is 0 Å². The lowest BCUT2D eigenvalue weighted by Gasteiger charge is -2.26. The zero-order chi connectivity index (χ0) is 15.8. The maximum atomic E-state index is 12.6. The predicted octanol–water partition coefficient (Wildman–Crippen LogP) is 2.75. The quantitative estimate of drug-likeness (QED) is 0.750. The summed E-state index contributed by atoms with van der Waals surface area (Å²) in [6.45, 7) is 0.595. The van der Waals surface area contributed by atoms with Crippen LogP contribution in [0.25, 0.3) is 5.65 Å². The molecule has 0 spiro atoms. The highest BCUT2D eigenvalue weighted by Crippen LogP contribution is 2.31. The first-order valence-corrected chi connectivity index (χ1v) is 8.04. The van der Waals surface area contributed by atoms with Crippen LogP contribution in [-0.2, 0) is 0 Å². The molecule has 0 fully saturated rings. The molecule has 23 heavy (non-hydrogen) atoms. The van der Waals surface area contributed by atoms with Gasteiger partial charge in [-0.05, 0) is 34.1 Å². The molecule has 7 heteroatoms. The minimum absolute atomic E-state index is 0.0479. The molecule has 1 unspecified atom stereocenters. The van der Waals surface area contributed by atoms with Crippen molar-refractivity contribution < 1.29 is 9.53 Å². The number of hydrogen-bond acceptors (Lipinski definition) is 4. The van der Waals surface area contributed by atoms with Crippen molar-refractivity contribution in [3.05, 3.63) is 58.5 Å². The molecule has 3 aromatic rings. The van der Waals surface area contributed by atoms with Gasteiger partial charge in [-0.3, -0.25) is 4.79 Å². The summed E-state index contributed by atoms with van der Waals surface area (Å²) in [5.74, 6) is 0.703. The van der Waals surface area contributed by atoms with E-state index in [-0.39, 0.29) is 11.9 Å². The number of carbonyl (C=O) groups is 1. The van der Waals surface area contributed by atoms with Crippen LogP contribution in [0.1, 0.15) is 28.4 Å². The maximum Gasteiger partial charge on any atom is 0.251 e. The SMILES string of the molecule is O=C(NC1CCOc2ccccc21)c1ccn2nc(Br)nc2c1. The number of aromatic nitrogens is 3. The van der Waals surface area contributed by atoms with Crippen LogP contribution < -0.4 is 10.1 Å². The Kier molecular flexibility index (Phi) is 3.49. The van der Waals surface area contributed by atoms with E-state index in [1.54, 1.807) is 22.8 Å². The summed E-state index contributed by atoms with van der Waals surface area (Å²) in [6.07, 6.45) is 2.47. The van der Waals surface area contributed by atoms with Crippen LogP contribution in [-0.4, -0.2) is 27.1 Å². The second-order valence-electron chi connectivity index (χ2n) is 5.30. The highest BCUT2D eigenvalue weighted by Gasteiger charge is 2.23. The highest BCUT2D eigenvalue weighted by molar-refractivity contribution is 9.10. The third kappa shape index (κ3) is 2.68. The number of benzene rings is 1. The number of rotatable bonds is 2. The Morgan fingerprint density at radius 2 is 2.22 bits per heavy atom. The molecule has 1 atom stereocenters. The third-order valence-corrected chi connectivity index (χ3v) is 4.17. The Morgan fingerprint density at radius 3 is 3.13 bits per heavy atom. The molecule has 116 valence electrons. The van der Waals surface area contributed by atoms with Gasteiger partial charge < -0.3 is 10.1 Å². The number of ether oxygens (including phenoxy) is 1. The lowest BCUT2D eigenvalue weighted by molar-refractivity contribution is 0.0925. The van der Waals surface area contributed by atoms with Crippen LogP contribution >= 0.6 is 15.9 Å². The summed E-state index contributed by atoms with van der Waals surface area (Å²) < 4.78 is 7.73. The summed E-state index contributed by atoms with van der Waals surface area (Å²) in [7, 11) is 0. The number of nitrogens with one attached hydrogen (secondary N) is 1. The summed E-state index contributed by atoms with van der Waals surface area (Å²) in [5.41, 5.74) is 2.19. The number of pyridine rings is 1. The summed E-state index contributed by atoms with van der Waals surface area (Å²) in [4.78, 5) is 16.8. The van der Waals surface area contributed by atoms with Crippen molar-refractivity contribution in [1.29, 1.82) is 0 Å². The third-order valence-electron chi connectivity index (χ3n) is 3.84. The fourth-order valence-corrected chi connectivity index (χ4v) is 3.08. The van der Waals surface area contributed by atoms with Crippen molar-refractivity contribution in [2.24, 2.45) is 0 Å². The van der Waals surface area contributed by atoms with E-state index in [0.29, 0.717) is 22.6 Å². The normalized spacial score (nSPS) is 16.7. The minimum Gasteiger partial charge on any atom is -0.493 e. The van der Waals surface area contributed by atoms with Gasteiger partial charge in [-0.15, -0.1) is 5.10 Å². The van der Waals surface area contributed by atoms with Gasteiger partial charge in [-0.25, -0.2) is 9.50 Å². The largest absolute Gasteiger partial charge is 0.493 e. The minimum atomic E-state index is -0.131. The van der Waals surface area contributed by atoms with Gasteiger partial charge in [-0.2, -0.15) is 0 Å². The Morgan fingerprint density at radius 1 is 1.35 bits per heavy atom. The molecule has 1 amide bonds. The van der Waals surface area contributed by atoms with E-state index in [4.69, 9.17) is 4.74 Å². The Bertz CT molecular complexity index is 893. The topological polar surface area (TPSA) is 68.5 Å². The highest BCUT2D eigenvalue weighted by atomic mass is 79.9. The van der Waals surface area contributed by atoms with Crippen LogP contribution in [0.5, 0.6) is 5.75 Å². The molecule has 1 N–H and O–H groups in total. The second-order valence-corrected chi connectivity index (χ2v) is 6.01. The first kappa shape index (κ1) is 14.2. The molecule has 0 aliphatic carbocycles. The molecule has 0 bridgehead atoms. The van der Waals surface area contributed by atoms with E-state index in [2.05, 4.69) is 31.3 Å². The first-order chi connectivity index (χ1) is 11.2. The van der Waals surface area contributed by atoms with Gasteiger partial charge in [0.1, 0.15) is 5.75 Å². The molecule has 0 radical (unpaired) electrons. The number of hydrogen-bond donors (Lipinski definition) is 1. The maximum absolute atomic E-state index is 12.6. The monoisotopic (exact) mass is 372 g/mol. The standard InChI is InChI=1S/C16H13BrN4O2/c17-16-19-14-9-10(5-7-21(14)20-16)15(22)18-12-6-8-23-13-4-2-1-3-11(12)13/h1-5,7,9,12H,6,8H2,(H,18,22). The van der Waals surface area contributed by atoms with Crippen molar-refractivity contribution >= 4 is 27.5 Å². The van der Waals surface area contributed by atoms with Gasteiger partial charge in [-0.1, -0.05) is 18.2 Å². The molecule has 3 heterocycles. The average molecular weight is 373 g/mol. The van der Waals surface area contributed by atoms with E-state index in [0.717, 1.165) is 17.7 Å². The van der Waals surface area contributed by atoms with Gasteiger partial charge in [0.15, 0.2) is 5.65 Å². The summed E-state index contributed by atoms with van der Waals surface area (Å²) >= 11 is 3.23. The Balaban J connectivity index is 1.60. The lowest BCUT2D eigenvalue weighted by Crippen LogP contribution is -2.32. The molecule has 0 saturated carbocycles. The first-order valence-electron chi connectivity index (χ1n) is 7.25. The lowest BCUT2D eigenvalue weighted by atomic mass is 10.0. The zero-order valence-corrected chi connectivity index (χ0v) is 13.7. The second kappa shape index (κ2) is 5.66. The Hall–Kier alpha value is -2.41. The van der Waals surface area contributed by atoms with Crippen molar-refractivity contribution in [3.63, 3.8) is 0 Å². The van der Waals surface area contributed by atoms with Crippen molar-refractivity contribution in [2.45, 2.75) is 12.5 Å². The van der Waals surface area contributed by atoms with E-state index < -0.39 is 0 Å². The van der Waals surface area contributed by atoms with Gasteiger partial charge in [0, 0.05) is 23.7 Å². The van der Waals surface area contributed by atoms with Gasteiger partial charge >= 0.3 is 0 Å². The van der Waals surface area contributed by atoms with Crippen LogP contribution in [0.15, 0.2) is 47.3 Å². The van der Waals surface area contributed by atoms with Crippen molar-refractivity contribution in [1.82, 2.24) is 19.9 Å². The zero-order valence-electron chi connectivity index (χ0n) is 12.1.